The van der Waals surface area contributed by atoms with E-state index < -0.39 is 10.8 Å². The molecule has 2 rings (SSSR count). The average molecular weight is 284 g/mol. The third-order valence-corrected chi connectivity index (χ3v) is 4.22. The van der Waals surface area contributed by atoms with Crippen molar-refractivity contribution >= 4 is 28.1 Å². The minimum atomic E-state index is -1.18. The fourth-order valence-corrected chi connectivity index (χ4v) is 2.94. The molecule has 0 spiro atoms. The molecule has 1 heterocycles. The van der Waals surface area contributed by atoms with Crippen LogP contribution in [-0.2, 0) is 23.1 Å². The number of rotatable bonds is 4. The van der Waals surface area contributed by atoms with Gasteiger partial charge in [-0.2, -0.15) is 5.10 Å². The van der Waals surface area contributed by atoms with Crippen LogP contribution in [0.3, 0.4) is 0 Å². The van der Waals surface area contributed by atoms with Gasteiger partial charge in [-0.25, -0.2) is 0 Å². The summed E-state index contributed by atoms with van der Waals surface area (Å²) in [4.78, 5) is 0.614. The summed E-state index contributed by atoms with van der Waals surface area (Å²) >= 11 is 5.81. The number of benzene rings is 1. The molecule has 1 aromatic heterocycles. The molecule has 1 atom stereocenters. The molecule has 18 heavy (non-hydrogen) atoms. The summed E-state index contributed by atoms with van der Waals surface area (Å²) in [5, 5.41) is 4.70. The van der Waals surface area contributed by atoms with Gasteiger partial charge in [0.1, 0.15) is 0 Å². The molecule has 0 saturated heterocycles. The third-order valence-electron chi connectivity index (χ3n) is 2.53. The molecule has 6 heteroatoms. The van der Waals surface area contributed by atoms with E-state index in [0.717, 1.165) is 12.1 Å². The zero-order chi connectivity index (χ0) is 13.1. The Kier molecular flexibility index (Phi) is 4.04. The lowest BCUT2D eigenvalue weighted by Crippen LogP contribution is -2.00. The highest BCUT2D eigenvalue weighted by molar-refractivity contribution is 7.84. The zero-order valence-corrected chi connectivity index (χ0v) is 11.5. The van der Waals surface area contributed by atoms with Crippen molar-refractivity contribution in [3.63, 3.8) is 0 Å². The smallest absolute Gasteiger partial charge is 0.0621 e. The SMILES string of the molecule is CCn1cc(CS(=O)c2ccc(Cl)cc2N)cn1. The van der Waals surface area contributed by atoms with Gasteiger partial charge < -0.3 is 5.73 Å². The monoisotopic (exact) mass is 283 g/mol. The molecule has 4 nitrogen and oxygen atoms in total. The van der Waals surface area contributed by atoms with E-state index in [2.05, 4.69) is 5.10 Å². The second-order valence-electron chi connectivity index (χ2n) is 3.88. The number of halogens is 1. The second-order valence-corrected chi connectivity index (χ2v) is 5.73. The molecule has 1 unspecified atom stereocenters. The van der Waals surface area contributed by atoms with Crippen LogP contribution in [0, 0.1) is 0 Å². The fourth-order valence-electron chi connectivity index (χ4n) is 1.61. The molecule has 0 radical (unpaired) electrons. The molecule has 0 saturated carbocycles. The van der Waals surface area contributed by atoms with Crippen LogP contribution in [0.15, 0.2) is 35.5 Å². The lowest BCUT2D eigenvalue weighted by Gasteiger charge is -2.05. The molecule has 1 aromatic carbocycles. The van der Waals surface area contributed by atoms with Crippen LogP contribution >= 0.6 is 11.6 Å². The van der Waals surface area contributed by atoms with Gasteiger partial charge in [0.2, 0.25) is 0 Å². The second kappa shape index (κ2) is 5.54. The van der Waals surface area contributed by atoms with E-state index in [4.69, 9.17) is 17.3 Å². The van der Waals surface area contributed by atoms with Gasteiger partial charge >= 0.3 is 0 Å². The Morgan fingerprint density at radius 3 is 2.89 bits per heavy atom. The normalized spacial score (nSPS) is 12.6. The van der Waals surface area contributed by atoms with Gasteiger partial charge in [-0.3, -0.25) is 8.89 Å². The van der Waals surface area contributed by atoms with E-state index in [1.54, 1.807) is 29.1 Å². The first-order chi connectivity index (χ1) is 8.60. The zero-order valence-electron chi connectivity index (χ0n) is 9.97. The third kappa shape index (κ3) is 2.91. The average Bonchev–Trinajstić information content (AvgIpc) is 2.76. The summed E-state index contributed by atoms with van der Waals surface area (Å²) in [6.45, 7) is 2.81. The highest BCUT2D eigenvalue weighted by Gasteiger charge is 2.10. The first kappa shape index (κ1) is 13.1. The molecule has 2 aromatic rings. The Balaban J connectivity index is 2.16. The van der Waals surface area contributed by atoms with Gasteiger partial charge in [0.25, 0.3) is 0 Å². The van der Waals surface area contributed by atoms with E-state index >= 15 is 0 Å². The molecule has 0 amide bonds. The number of anilines is 1. The molecule has 2 N–H and O–H groups in total. The molecule has 0 aliphatic heterocycles. The Morgan fingerprint density at radius 1 is 1.50 bits per heavy atom. The lowest BCUT2D eigenvalue weighted by atomic mass is 10.3. The van der Waals surface area contributed by atoms with Crippen molar-refractivity contribution in [3.8, 4) is 0 Å². The van der Waals surface area contributed by atoms with Gasteiger partial charge in [-0.1, -0.05) is 11.6 Å². The Morgan fingerprint density at radius 2 is 2.28 bits per heavy atom. The molecule has 0 bridgehead atoms. The Hall–Kier alpha value is -1.33. The summed E-state index contributed by atoms with van der Waals surface area (Å²) in [7, 11) is -1.18. The maximum atomic E-state index is 12.2. The summed E-state index contributed by atoms with van der Waals surface area (Å²) in [6.07, 6.45) is 3.62. The highest BCUT2D eigenvalue weighted by atomic mass is 35.5. The Bertz CT molecular complexity index is 582. The number of aryl methyl sites for hydroxylation is 1. The number of hydrogen-bond donors (Lipinski definition) is 1. The quantitative estimate of drug-likeness (QED) is 0.877. The molecule has 0 aliphatic carbocycles. The molecule has 96 valence electrons. The van der Waals surface area contributed by atoms with Crippen molar-refractivity contribution in [1.29, 1.82) is 0 Å². The van der Waals surface area contributed by atoms with E-state index in [1.807, 2.05) is 13.1 Å². The van der Waals surface area contributed by atoms with Crippen molar-refractivity contribution in [2.24, 2.45) is 0 Å². The first-order valence-electron chi connectivity index (χ1n) is 5.55. The van der Waals surface area contributed by atoms with E-state index in [1.165, 1.54) is 0 Å². The van der Waals surface area contributed by atoms with Crippen molar-refractivity contribution in [2.45, 2.75) is 24.1 Å². The summed E-state index contributed by atoms with van der Waals surface area (Å²) in [5.74, 6) is 0.409. The van der Waals surface area contributed by atoms with Gasteiger partial charge in [-0.05, 0) is 25.1 Å². The van der Waals surface area contributed by atoms with Crippen molar-refractivity contribution in [3.05, 3.63) is 41.2 Å². The number of nitrogens with two attached hydrogens (primary N) is 1. The van der Waals surface area contributed by atoms with E-state index in [-0.39, 0.29) is 0 Å². The lowest BCUT2D eigenvalue weighted by molar-refractivity contribution is 0.659. The summed E-state index contributed by atoms with van der Waals surface area (Å²) in [6, 6.07) is 5.02. The first-order valence-corrected chi connectivity index (χ1v) is 7.24. The minimum Gasteiger partial charge on any atom is -0.398 e. The fraction of sp³-hybridized carbons (Fsp3) is 0.250. The van der Waals surface area contributed by atoms with Crippen LogP contribution in [0.5, 0.6) is 0 Å². The van der Waals surface area contributed by atoms with Gasteiger partial charge in [0.05, 0.1) is 27.6 Å². The van der Waals surface area contributed by atoms with Crippen molar-refractivity contribution < 1.29 is 4.21 Å². The molecular formula is C12H14ClN3OS. The van der Waals surface area contributed by atoms with Crippen LogP contribution in [0.25, 0.3) is 0 Å². The number of aromatic nitrogens is 2. The number of nitrogen functional groups attached to an aromatic ring is 1. The van der Waals surface area contributed by atoms with E-state index in [9.17, 15) is 4.21 Å². The number of nitrogens with zero attached hydrogens (tertiary/aromatic N) is 2. The van der Waals surface area contributed by atoms with E-state index in [0.29, 0.717) is 21.4 Å². The van der Waals surface area contributed by atoms with Crippen LogP contribution < -0.4 is 5.73 Å². The Labute approximate surface area is 113 Å². The summed E-state index contributed by atoms with van der Waals surface area (Å²) in [5.41, 5.74) is 7.21. The standard InChI is InChI=1S/C12H14ClN3OS/c1-2-16-7-9(6-15-16)8-18(17)12-4-3-10(13)5-11(12)14/h3-7H,2,8,14H2,1H3. The van der Waals surface area contributed by atoms with Crippen LogP contribution in [0.2, 0.25) is 5.02 Å². The topological polar surface area (TPSA) is 60.9 Å². The van der Waals surface area contributed by atoms with Crippen LogP contribution in [-0.4, -0.2) is 14.0 Å². The van der Waals surface area contributed by atoms with Crippen molar-refractivity contribution in [1.82, 2.24) is 9.78 Å². The van der Waals surface area contributed by atoms with Crippen molar-refractivity contribution in [2.75, 3.05) is 5.73 Å². The largest absolute Gasteiger partial charge is 0.398 e. The van der Waals surface area contributed by atoms with Gasteiger partial charge in [-0.15, -0.1) is 0 Å². The highest BCUT2D eigenvalue weighted by Crippen LogP contribution is 2.22. The van der Waals surface area contributed by atoms with Crippen LogP contribution in [0.4, 0.5) is 5.69 Å². The molecule has 0 aliphatic rings. The molecular weight excluding hydrogens is 270 g/mol. The minimum absolute atomic E-state index is 0.409. The predicted octanol–water partition coefficient (Wildman–Crippen LogP) is 2.45. The number of hydrogen-bond acceptors (Lipinski definition) is 3. The maximum Gasteiger partial charge on any atom is 0.0621 e. The predicted molar refractivity (Wildman–Crippen MR) is 73.9 cm³/mol. The van der Waals surface area contributed by atoms with Crippen LogP contribution in [0.1, 0.15) is 12.5 Å². The van der Waals surface area contributed by atoms with Gasteiger partial charge in [0, 0.05) is 29.0 Å². The molecule has 0 fully saturated rings. The van der Waals surface area contributed by atoms with Gasteiger partial charge in [0.15, 0.2) is 0 Å². The summed E-state index contributed by atoms with van der Waals surface area (Å²) < 4.78 is 14.0. The maximum absolute atomic E-state index is 12.2.